The molecule has 1 aliphatic rings. The fourth-order valence-electron chi connectivity index (χ4n) is 1.60. The minimum absolute atomic E-state index is 0.845. The summed E-state index contributed by atoms with van der Waals surface area (Å²) in [7, 11) is 2.01. The molecule has 1 aliphatic heterocycles. The molecule has 11 heavy (non-hydrogen) atoms. The van der Waals surface area contributed by atoms with E-state index in [-0.39, 0.29) is 0 Å². The predicted octanol–water partition coefficient (Wildman–Crippen LogP) is 1.41. The molecule has 0 aromatic rings. The summed E-state index contributed by atoms with van der Waals surface area (Å²) in [6.45, 7) is 3.14. The first-order valence-electron chi connectivity index (χ1n) is 4.66. The van der Waals surface area contributed by atoms with Gasteiger partial charge < -0.3 is 10.1 Å². The molecule has 1 atom stereocenters. The standard InChI is InChI=1S/C9H19NO/c1-10-6-2-4-9-5-3-7-11-8-9/h9-10H,2-8H2,1H3. The Kier molecular flexibility index (Phi) is 4.55. The van der Waals surface area contributed by atoms with Gasteiger partial charge in [-0.25, -0.2) is 0 Å². The molecule has 2 nitrogen and oxygen atoms in total. The highest BCUT2D eigenvalue weighted by molar-refractivity contribution is 4.63. The Morgan fingerprint density at radius 3 is 3.09 bits per heavy atom. The molecular weight excluding hydrogens is 138 g/mol. The van der Waals surface area contributed by atoms with E-state index in [1.807, 2.05) is 7.05 Å². The lowest BCUT2D eigenvalue weighted by molar-refractivity contribution is 0.0510. The third kappa shape index (κ3) is 3.73. The van der Waals surface area contributed by atoms with Gasteiger partial charge in [0, 0.05) is 13.2 Å². The van der Waals surface area contributed by atoms with Gasteiger partial charge >= 0.3 is 0 Å². The van der Waals surface area contributed by atoms with Crippen molar-refractivity contribution >= 4 is 0 Å². The first-order chi connectivity index (χ1) is 5.43. The number of hydrogen-bond acceptors (Lipinski definition) is 2. The smallest absolute Gasteiger partial charge is 0.0494 e. The van der Waals surface area contributed by atoms with Crippen LogP contribution >= 0.6 is 0 Å². The third-order valence-corrected chi connectivity index (χ3v) is 2.29. The Bertz CT molecular complexity index is 89.6. The Labute approximate surface area is 69.3 Å². The summed E-state index contributed by atoms with van der Waals surface area (Å²) in [6, 6.07) is 0. The maximum absolute atomic E-state index is 5.39. The fraction of sp³-hybridized carbons (Fsp3) is 1.00. The highest BCUT2D eigenvalue weighted by Crippen LogP contribution is 2.17. The second-order valence-electron chi connectivity index (χ2n) is 3.33. The van der Waals surface area contributed by atoms with Crippen LogP contribution in [0.1, 0.15) is 25.7 Å². The minimum atomic E-state index is 0.845. The van der Waals surface area contributed by atoms with Crippen molar-refractivity contribution in [3.05, 3.63) is 0 Å². The molecule has 0 amide bonds. The van der Waals surface area contributed by atoms with Crippen LogP contribution in [0.15, 0.2) is 0 Å². The molecule has 1 rings (SSSR count). The van der Waals surface area contributed by atoms with Crippen molar-refractivity contribution in [2.45, 2.75) is 25.7 Å². The summed E-state index contributed by atoms with van der Waals surface area (Å²) in [4.78, 5) is 0. The number of hydrogen-bond donors (Lipinski definition) is 1. The quantitative estimate of drug-likeness (QED) is 0.623. The van der Waals surface area contributed by atoms with Crippen LogP contribution in [0.5, 0.6) is 0 Å². The second kappa shape index (κ2) is 5.56. The minimum Gasteiger partial charge on any atom is -0.381 e. The lowest BCUT2D eigenvalue weighted by Gasteiger charge is -2.21. The summed E-state index contributed by atoms with van der Waals surface area (Å²) in [5.74, 6) is 0.845. The Morgan fingerprint density at radius 1 is 1.55 bits per heavy atom. The summed E-state index contributed by atoms with van der Waals surface area (Å²) >= 11 is 0. The summed E-state index contributed by atoms with van der Waals surface area (Å²) in [5.41, 5.74) is 0. The van der Waals surface area contributed by atoms with Gasteiger partial charge in [-0.1, -0.05) is 0 Å². The first-order valence-corrected chi connectivity index (χ1v) is 4.66. The normalized spacial score (nSPS) is 25.4. The van der Waals surface area contributed by atoms with Crippen LogP contribution in [-0.4, -0.2) is 26.8 Å². The van der Waals surface area contributed by atoms with Gasteiger partial charge in [0.15, 0.2) is 0 Å². The van der Waals surface area contributed by atoms with Crippen molar-refractivity contribution in [2.24, 2.45) is 5.92 Å². The lowest BCUT2D eigenvalue weighted by atomic mass is 9.97. The number of ether oxygens (including phenoxy) is 1. The summed E-state index contributed by atoms with van der Waals surface area (Å²) in [5, 5.41) is 3.17. The molecule has 0 aromatic heterocycles. The van der Waals surface area contributed by atoms with Crippen LogP contribution < -0.4 is 5.32 Å². The molecule has 0 radical (unpaired) electrons. The van der Waals surface area contributed by atoms with Gasteiger partial charge in [0.25, 0.3) is 0 Å². The SMILES string of the molecule is CNCCCC1CCCOC1. The molecule has 0 aliphatic carbocycles. The van der Waals surface area contributed by atoms with Gasteiger partial charge in [0.1, 0.15) is 0 Å². The van der Waals surface area contributed by atoms with Gasteiger partial charge in [0.05, 0.1) is 0 Å². The van der Waals surface area contributed by atoms with E-state index in [0.717, 1.165) is 25.7 Å². The van der Waals surface area contributed by atoms with Crippen LogP contribution in [0.3, 0.4) is 0 Å². The molecule has 2 heteroatoms. The van der Waals surface area contributed by atoms with Gasteiger partial charge in [-0.2, -0.15) is 0 Å². The first kappa shape index (κ1) is 9.01. The third-order valence-electron chi connectivity index (χ3n) is 2.29. The van der Waals surface area contributed by atoms with Gasteiger partial charge in [-0.3, -0.25) is 0 Å². The summed E-state index contributed by atoms with van der Waals surface area (Å²) in [6.07, 6.45) is 5.28. The van der Waals surface area contributed by atoms with Crippen LogP contribution in [0, 0.1) is 5.92 Å². The van der Waals surface area contributed by atoms with E-state index in [2.05, 4.69) is 5.32 Å². The zero-order valence-electron chi connectivity index (χ0n) is 7.44. The topological polar surface area (TPSA) is 21.3 Å². The highest BCUT2D eigenvalue weighted by Gasteiger charge is 2.12. The maximum Gasteiger partial charge on any atom is 0.0494 e. The Hall–Kier alpha value is -0.0800. The summed E-state index contributed by atoms with van der Waals surface area (Å²) < 4.78 is 5.39. The highest BCUT2D eigenvalue weighted by atomic mass is 16.5. The number of rotatable bonds is 4. The van der Waals surface area contributed by atoms with E-state index in [1.54, 1.807) is 0 Å². The van der Waals surface area contributed by atoms with Gasteiger partial charge in [0.2, 0.25) is 0 Å². The number of nitrogens with one attached hydrogen (secondary N) is 1. The van der Waals surface area contributed by atoms with Crippen molar-refractivity contribution in [1.29, 1.82) is 0 Å². The molecule has 0 bridgehead atoms. The van der Waals surface area contributed by atoms with Crippen molar-refractivity contribution in [2.75, 3.05) is 26.8 Å². The average Bonchev–Trinajstić information content (AvgIpc) is 2.07. The average molecular weight is 157 g/mol. The van der Waals surface area contributed by atoms with E-state index < -0.39 is 0 Å². The Morgan fingerprint density at radius 2 is 2.45 bits per heavy atom. The molecular formula is C9H19NO. The molecule has 1 heterocycles. The maximum atomic E-state index is 5.39. The van der Waals surface area contributed by atoms with E-state index in [4.69, 9.17) is 4.74 Å². The van der Waals surface area contributed by atoms with E-state index in [1.165, 1.54) is 25.7 Å². The van der Waals surface area contributed by atoms with Crippen LogP contribution in [0.4, 0.5) is 0 Å². The molecule has 1 fully saturated rings. The predicted molar refractivity (Wildman–Crippen MR) is 46.7 cm³/mol. The zero-order chi connectivity index (χ0) is 7.94. The van der Waals surface area contributed by atoms with Crippen molar-refractivity contribution in [1.82, 2.24) is 5.32 Å². The van der Waals surface area contributed by atoms with E-state index >= 15 is 0 Å². The molecule has 0 saturated carbocycles. The molecule has 66 valence electrons. The van der Waals surface area contributed by atoms with Crippen molar-refractivity contribution in [3.8, 4) is 0 Å². The van der Waals surface area contributed by atoms with Crippen LogP contribution in [0.25, 0.3) is 0 Å². The second-order valence-corrected chi connectivity index (χ2v) is 3.33. The monoisotopic (exact) mass is 157 g/mol. The molecule has 0 aromatic carbocycles. The zero-order valence-corrected chi connectivity index (χ0v) is 7.44. The van der Waals surface area contributed by atoms with E-state index in [0.29, 0.717) is 0 Å². The lowest BCUT2D eigenvalue weighted by Crippen LogP contribution is -2.18. The van der Waals surface area contributed by atoms with Crippen LogP contribution in [-0.2, 0) is 4.74 Å². The molecule has 1 unspecified atom stereocenters. The van der Waals surface area contributed by atoms with Crippen LogP contribution in [0.2, 0.25) is 0 Å². The largest absolute Gasteiger partial charge is 0.381 e. The Balaban J connectivity index is 1.96. The van der Waals surface area contributed by atoms with Gasteiger partial charge in [-0.15, -0.1) is 0 Å². The van der Waals surface area contributed by atoms with Crippen molar-refractivity contribution < 1.29 is 4.74 Å². The fourth-order valence-corrected chi connectivity index (χ4v) is 1.60. The van der Waals surface area contributed by atoms with E-state index in [9.17, 15) is 0 Å². The molecule has 0 spiro atoms. The van der Waals surface area contributed by atoms with Gasteiger partial charge in [-0.05, 0) is 45.2 Å². The molecule has 1 saturated heterocycles. The van der Waals surface area contributed by atoms with Crippen molar-refractivity contribution in [3.63, 3.8) is 0 Å². The molecule has 1 N–H and O–H groups in total.